The van der Waals surface area contributed by atoms with Gasteiger partial charge in [0.15, 0.2) is 5.78 Å². The number of nitrogens with zero attached hydrogens (tertiary/aromatic N) is 1. The fourth-order valence-electron chi connectivity index (χ4n) is 2.67. The normalized spacial score (nSPS) is 10.7. The van der Waals surface area contributed by atoms with Crippen LogP contribution in [-0.4, -0.2) is 18.5 Å². The summed E-state index contributed by atoms with van der Waals surface area (Å²) >= 11 is 0. The topological polar surface area (TPSA) is 38.7 Å². The minimum Gasteiger partial charge on any atom is -0.457 e. The average molecular weight is 391 g/mol. The molecule has 0 unspecified atom stereocenters. The Balaban J connectivity index is 0.000000253. The number of ether oxygens (including phenoxy) is 1. The lowest BCUT2D eigenvalue weighted by Crippen LogP contribution is -1.99. The van der Waals surface area contributed by atoms with E-state index in [1.54, 1.807) is 6.07 Å². The summed E-state index contributed by atoms with van der Waals surface area (Å²) in [7, 11) is 1.85. The van der Waals surface area contributed by atoms with Crippen LogP contribution in [0.2, 0.25) is 0 Å². The molecule has 0 saturated carbocycles. The van der Waals surface area contributed by atoms with Crippen LogP contribution in [-0.2, 0) is 0 Å². The quantitative estimate of drug-likeness (QED) is 0.345. The molecule has 0 heterocycles. The molecule has 3 aromatic rings. The van der Waals surface area contributed by atoms with Crippen LogP contribution in [0.3, 0.4) is 0 Å². The zero-order valence-corrected chi connectivity index (χ0v) is 17.1. The van der Waals surface area contributed by atoms with E-state index in [1.165, 1.54) is 30.7 Å². The summed E-state index contributed by atoms with van der Waals surface area (Å²) < 4.78 is 18.1. The molecule has 0 bridgehead atoms. The first-order valence-corrected chi connectivity index (χ1v) is 9.59. The average Bonchev–Trinajstić information content (AvgIpc) is 2.74. The van der Waals surface area contributed by atoms with Crippen molar-refractivity contribution < 1.29 is 13.9 Å². The second-order valence-electron chi connectivity index (χ2n) is 6.43. The maximum atomic E-state index is 12.4. The number of hydrogen-bond acceptors (Lipinski definition) is 3. The number of benzene rings is 3. The molecule has 150 valence electrons. The first-order chi connectivity index (χ1) is 14.0. The van der Waals surface area contributed by atoms with E-state index in [4.69, 9.17) is 4.74 Å². The fourth-order valence-corrected chi connectivity index (χ4v) is 2.67. The van der Waals surface area contributed by atoms with Crippen LogP contribution < -0.4 is 4.74 Å². The molecule has 0 radical (unpaired) electrons. The smallest absolute Gasteiger partial charge is 0.159 e. The molecule has 0 aliphatic rings. The predicted octanol–water partition coefficient (Wildman–Crippen LogP) is 6.73. The van der Waals surface area contributed by atoms with Gasteiger partial charge in [-0.2, -0.15) is 0 Å². The third kappa shape index (κ3) is 7.34. The Kier molecular flexibility index (Phi) is 8.77. The Morgan fingerprint density at radius 1 is 0.897 bits per heavy atom. The molecule has 0 aromatic heterocycles. The highest BCUT2D eigenvalue weighted by Crippen LogP contribution is 2.21. The van der Waals surface area contributed by atoms with Crippen molar-refractivity contribution in [2.24, 2.45) is 4.99 Å². The van der Waals surface area contributed by atoms with Crippen LogP contribution in [0.5, 0.6) is 11.5 Å². The number of ketones is 1. The molecular weight excluding hydrogens is 365 g/mol. The second kappa shape index (κ2) is 11.5. The molecule has 0 aliphatic carbocycles. The number of para-hydroxylation sites is 1. The van der Waals surface area contributed by atoms with Gasteiger partial charge in [-0.25, -0.2) is 4.39 Å². The highest BCUT2D eigenvalue weighted by Gasteiger charge is 2.03. The lowest BCUT2D eigenvalue weighted by molar-refractivity contribution is 0.101. The molecule has 0 N–H and O–H groups in total. The third-order valence-electron chi connectivity index (χ3n) is 4.15. The SMILES string of the molecule is CC(=O)c1cccc(F)c1.CCCC(=NC)c1ccc(Oc2ccccc2)cc1. The molecule has 3 nitrogen and oxygen atoms in total. The molecule has 0 spiro atoms. The predicted molar refractivity (Wildman–Crippen MR) is 117 cm³/mol. The number of carbonyl (C=O) groups excluding carboxylic acids is 1. The standard InChI is InChI=1S/C17H19NO.C8H7FO/c1-3-7-17(18-2)14-10-12-16(13-11-14)19-15-8-5-4-6-9-15;1-6(10)7-3-2-4-8(9)5-7/h4-6,8-13H,3,7H2,1-2H3;2-5H,1H3. The Morgan fingerprint density at radius 3 is 2.07 bits per heavy atom. The minimum absolute atomic E-state index is 0.112. The molecule has 29 heavy (non-hydrogen) atoms. The number of rotatable bonds is 6. The second-order valence-corrected chi connectivity index (χ2v) is 6.43. The monoisotopic (exact) mass is 391 g/mol. The first-order valence-electron chi connectivity index (χ1n) is 9.59. The van der Waals surface area contributed by atoms with Gasteiger partial charge in [-0.1, -0.05) is 43.7 Å². The molecule has 4 heteroatoms. The Bertz CT molecular complexity index is 935. The van der Waals surface area contributed by atoms with Crippen LogP contribution in [0, 0.1) is 5.82 Å². The molecule has 0 fully saturated rings. The molecule has 0 saturated heterocycles. The molecule has 3 aromatic carbocycles. The van der Waals surface area contributed by atoms with Gasteiger partial charge >= 0.3 is 0 Å². The zero-order valence-electron chi connectivity index (χ0n) is 17.1. The zero-order chi connectivity index (χ0) is 21.1. The van der Waals surface area contributed by atoms with E-state index in [0.29, 0.717) is 5.56 Å². The van der Waals surface area contributed by atoms with Crippen LogP contribution in [0.1, 0.15) is 42.6 Å². The van der Waals surface area contributed by atoms with Gasteiger partial charge < -0.3 is 4.74 Å². The van der Waals surface area contributed by atoms with Gasteiger partial charge in [0.25, 0.3) is 0 Å². The number of Topliss-reactive ketones (excluding diaryl/α,β-unsaturated/α-hetero) is 1. The fraction of sp³-hybridized carbons (Fsp3) is 0.200. The summed E-state index contributed by atoms with van der Waals surface area (Å²) in [5, 5.41) is 0. The number of aliphatic imine (C=N–C) groups is 1. The van der Waals surface area contributed by atoms with E-state index < -0.39 is 0 Å². The van der Waals surface area contributed by atoms with Gasteiger partial charge in [-0.3, -0.25) is 9.79 Å². The van der Waals surface area contributed by atoms with Crippen molar-refractivity contribution in [1.29, 1.82) is 0 Å². The van der Waals surface area contributed by atoms with E-state index in [1.807, 2.05) is 49.5 Å². The van der Waals surface area contributed by atoms with E-state index in [-0.39, 0.29) is 11.6 Å². The van der Waals surface area contributed by atoms with Gasteiger partial charge in [-0.05, 0) is 67.4 Å². The molecule has 3 rings (SSSR count). The third-order valence-corrected chi connectivity index (χ3v) is 4.15. The molecular formula is C25H26FNO2. The molecule has 0 atom stereocenters. The van der Waals surface area contributed by atoms with Gasteiger partial charge in [-0.15, -0.1) is 0 Å². The minimum atomic E-state index is -0.368. The van der Waals surface area contributed by atoms with Gasteiger partial charge in [0, 0.05) is 18.3 Å². The maximum Gasteiger partial charge on any atom is 0.159 e. The maximum absolute atomic E-state index is 12.4. The summed E-state index contributed by atoms with van der Waals surface area (Å²) in [5.74, 6) is 1.22. The van der Waals surface area contributed by atoms with Crippen LogP contribution in [0.25, 0.3) is 0 Å². The number of carbonyl (C=O) groups is 1. The summed E-state index contributed by atoms with van der Waals surface area (Å²) in [6, 6.07) is 23.6. The van der Waals surface area contributed by atoms with E-state index >= 15 is 0 Å². The summed E-state index contributed by atoms with van der Waals surface area (Å²) in [6.07, 6.45) is 2.12. The summed E-state index contributed by atoms with van der Waals surface area (Å²) in [4.78, 5) is 15.0. The van der Waals surface area contributed by atoms with Gasteiger partial charge in [0.05, 0.1) is 0 Å². The highest BCUT2D eigenvalue weighted by molar-refractivity contribution is 6.00. The lowest BCUT2D eigenvalue weighted by atomic mass is 10.1. The van der Waals surface area contributed by atoms with Crippen LogP contribution in [0.4, 0.5) is 4.39 Å². The van der Waals surface area contributed by atoms with Crippen LogP contribution >= 0.6 is 0 Å². The van der Waals surface area contributed by atoms with Crippen molar-refractivity contribution in [2.45, 2.75) is 26.7 Å². The van der Waals surface area contributed by atoms with Crippen molar-refractivity contribution in [3.63, 3.8) is 0 Å². The summed E-state index contributed by atoms with van der Waals surface area (Å²) in [6.45, 7) is 3.58. The van der Waals surface area contributed by atoms with Crippen molar-refractivity contribution in [2.75, 3.05) is 7.05 Å². The van der Waals surface area contributed by atoms with Crippen molar-refractivity contribution >= 4 is 11.5 Å². The van der Waals surface area contributed by atoms with Crippen molar-refractivity contribution in [3.05, 3.63) is 95.8 Å². The molecule has 0 amide bonds. The van der Waals surface area contributed by atoms with E-state index in [9.17, 15) is 9.18 Å². The lowest BCUT2D eigenvalue weighted by Gasteiger charge is -2.08. The van der Waals surface area contributed by atoms with E-state index in [2.05, 4.69) is 24.0 Å². The van der Waals surface area contributed by atoms with Gasteiger partial charge in [0.2, 0.25) is 0 Å². The Morgan fingerprint density at radius 2 is 1.55 bits per heavy atom. The Labute approximate surface area is 171 Å². The largest absolute Gasteiger partial charge is 0.457 e. The Hall–Kier alpha value is -3.27. The summed E-state index contributed by atoms with van der Waals surface area (Å²) in [5.41, 5.74) is 2.73. The van der Waals surface area contributed by atoms with Crippen LogP contribution in [0.15, 0.2) is 83.9 Å². The number of hydrogen-bond donors (Lipinski definition) is 0. The highest BCUT2D eigenvalue weighted by atomic mass is 19.1. The number of halogens is 1. The first kappa shape index (κ1) is 22.0. The molecule has 0 aliphatic heterocycles. The van der Waals surface area contributed by atoms with Crippen molar-refractivity contribution in [1.82, 2.24) is 0 Å². The van der Waals surface area contributed by atoms with Crippen molar-refractivity contribution in [3.8, 4) is 11.5 Å². The van der Waals surface area contributed by atoms with Gasteiger partial charge in [0.1, 0.15) is 17.3 Å². The van der Waals surface area contributed by atoms with E-state index in [0.717, 1.165) is 30.1 Å².